The van der Waals surface area contributed by atoms with Crippen LogP contribution in [0.5, 0.6) is 5.75 Å². The summed E-state index contributed by atoms with van der Waals surface area (Å²) in [5.74, 6) is -0.962. The van der Waals surface area contributed by atoms with E-state index in [1.165, 1.54) is 5.30 Å². The van der Waals surface area contributed by atoms with E-state index in [1.807, 2.05) is 42.5 Å². The number of para-hydroxylation sites is 1. The van der Waals surface area contributed by atoms with Crippen molar-refractivity contribution in [3.8, 4) is 16.9 Å². The van der Waals surface area contributed by atoms with Crippen LogP contribution in [0.4, 0.5) is 42.0 Å². The van der Waals surface area contributed by atoms with Crippen molar-refractivity contribution in [2.45, 2.75) is 6.18 Å². The summed E-state index contributed by atoms with van der Waals surface area (Å²) in [6.45, 7) is 8.20. The average molecular weight is 761 g/mol. The second-order valence-corrected chi connectivity index (χ2v) is 14.2. The fourth-order valence-electron chi connectivity index (χ4n) is 5.26. The number of nitrogens with zero attached hydrogens (tertiary/aromatic N) is 6. The van der Waals surface area contributed by atoms with Crippen molar-refractivity contribution in [2.75, 3.05) is 62.2 Å². The number of aryl methyl sites for hydroxylation is 1. The zero-order valence-electron chi connectivity index (χ0n) is 27.0. The molecule has 12 nitrogen and oxygen atoms in total. The van der Waals surface area contributed by atoms with Gasteiger partial charge in [0.05, 0.1) is 40.9 Å². The van der Waals surface area contributed by atoms with Crippen LogP contribution >= 0.6 is 23.9 Å². The van der Waals surface area contributed by atoms with Gasteiger partial charge < -0.3 is 30.7 Å². The van der Waals surface area contributed by atoms with Gasteiger partial charge >= 0.3 is 12.1 Å². The van der Waals surface area contributed by atoms with Crippen LogP contribution in [0.25, 0.3) is 22.0 Å². The minimum atomic E-state index is -5.08. The van der Waals surface area contributed by atoms with Crippen molar-refractivity contribution in [1.29, 1.82) is 0 Å². The van der Waals surface area contributed by atoms with Crippen molar-refractivity contribution in [3.63, 3.8) is 0 Å². The topological polar surface area (TPSA) is 142 Å². The maximum atomic E-state index is 10.6. The van der Waals surface area contributed by atoms with Gasteiger partial charge in [0.25, 0.3) is 0 Å². The van der Waals surface area contributed by atoms with E-state index in [0.717, 1.165) is 69.7 Å². The molecule has 1 saturated heterocycles. The van der Waals surface area contributed by atoms with Gasteiger partial charge in [-0.15, -0.1) is 0 Å². The number of nitrogens with one attached hydrogen (secondary N) is 3. The van der Waals surface area contributed by atoms with Crippen molar-refractivity contribution >= 4 is 74.9 Å². The van der Waals surface area contributed by atoms with Gasteiger partial charge in [-0.25, -0.2) is 9.78 Å². The van der Waals surface area contributed by atoms with Gasteiger partial charge in [0.15, 0.2) is 0 Å². The smallest absolute Gasteiger partial charge is 0.490 e. The van der Waals surface area contributed by atoms with Gasteiger partial charge in [0, 0.05) is 79.2 Å². The molecule has 3 aromatic heterocycles. The third kappa shape index (κ3) is 8.56. The van der Waals surface area contributed by atoms with Crippen LogP contribution in [-0.2, 0) is 11.8 Å². The number of pyridine rings is 1. The minimum absolute atomic E-state index is 0.417. The van der Waals surface area contributed by atoms with Crippen LogP contribution in [0.1, 0.15) is 0 Å². The van der Waals surface area contributed by atoms with Crippen LogP contribution in [0, 0.1) is 0 Å². The zero-order valence-corrected chi connectivity index (χ0v) is 29.5. The highest BCUT2D eigenvalue weighted by atomic mass is 79.9. The van der Waals surface area contributed by atoms with Crippen LogP contribution in [0.15, 0.2) is 65.7 Å². The molecule has 1 aliphatic rings. The quantitative estimate of drug-likeness (QED) is 0.137. The Morgan fingerprint density at radius 1 is 1.06 bits per heavy atom. The monoisotopic (exact) mass is 759 g/mol. The molecule has 4 heterocycles. The molecule has 0 aliphatic carbocycles. The molecule has 0 spiro atoms. The highest BCUT2D eigenvalue weighted by Gasteiger charge is 2.38. The summed E-state index contributed by atoms with van der Waals surface area (Å²) in [7, 11) is 3.19. The normalized spacial score (nSPS) is 13.2. The standard InChI is InChI=1S/C30H33BrN9OP.C2HF3O2/c1-39-18-19(15-35-39)21-13-24(27(41-2)14-26(21)40-11-9-32-10-12-40)37-30-34-16-22(31)29(38-30)36-25-17-33-23-8-6-5-7-20(23)28(25)42(3)4;3-2(4,5)1(6)7/h5-8,13-18,32H,9-12H2,1-4H3,(H2,34,36,37,38);(H,6,7). The third-order valence-corrected chi connectivity index (χ3v) is 9.43. The molecule has 17 heteroatoms. The summed E-state index contributed by atoms with van der Waals surface area (Å²) in [6.07, 6.45) is 2.47. The van der Waals surface area contributed by atoms with Gasteiger partial charge in [-0.1, -0.05) is 26.1 Å². The van der Waals surface area contributed by atoms with Crippen LogP contribution in [0.2, 0.25) is 0 Å². The second kappa shape index (κ2) is 15.3. The number of anilines is 5. The number of fused-ring (bicyclic) bond motifs is 1. The Kier molecular flexibility index (Phi) is 11.2. The SMILES string of the molecule is COc1cc(N2CCNCC2)c(-c2cnn(C)c2)cc1Nc1ncc(Br)c(Nc2cnc3ccccc3c2P(C)C)n1.O=C(O)C(F)(F)F. The largest absolute Gasteiger partial charge is 0.494 e. The lowest BCUT2D eigenvalue weighted by molar-refractivity contribution is -0.192. The molecular weight excluding hydrogens is 726 g/mol. The summed E-state index contributed by atoms with van der Waals surface area (Å²) >= 11 is 3.64. The average Bonchev–Trinajstić information content (AvgIpc) is 3.52. The number of alkyl halides is 3. The molecule has 0 unspecified atom stereocenters. The molecule has 1 aliphatic heterocycles. The zero-order chi connectivity index (χ0) is 35.3. The minimum Gasteiger partial charge on any atom is -0.494 e. The Bertz CT molecular complexity index is 1950. The Balaban J connectivity index is 0.000000606. The van der Waals surface area contributed by atoms with Crippen molar-refractivity contribution < 1.29 is 27.8 Å². The highest BCUT2D eigenvalue weighted by molar-refractivity contribution is 9.10. The lowest BCUT2D eigenvalue weighted by Crippen LogP contribution is -2.43. The van der Waals surface area contributed by atoms with E-state index in [0.29, 0.717) is 17.5 Å². The number of hydrogen-bond donors (Lipinski definition) is 4. The predicted octanol–water partition coefficient (Wildman–Crippen LogP) is 6.09. The molecule has 0 amide bonds. The molecule has 0 bridgehead atoms. The number of benzene rings is 2. The summed E-state index contributed by atoms with van der Waals surface area (Å²) in [5, 5.41) is 24.3. The first-order chi connectivity index (χ1) is 23.3. The molecule has 5 aromatic rings. The van der Waals surface area contributed by atoms with E-state index >= 15 is 0 Å². The lowest BCUT2D eigenvalue weighted by atomic mass is 10.0. The Morgan fingerprint density at radius 2 is 1.78 bits per heavy atom. The first-order valence-corrected chi connectivity index (χ1v) is 18.0. The first kappa shape index (κ1) is 35.8. The van der Waals surface area contributed by atoms with E-state index in [-0.39, 0.29) is 0 Å². The number of hydrogen-bond acceptors (Lipinski definition) is 10. The Labute approximate surface area is 290 Å². The molecule has 0 atom stereocenters. The van der Waals surface area contributed by atoms with Crippen molar-refractivity contribution in [1.82, 2.24) is 30.0 Å². The molecule has 4 N–H and O–H groups in total. The number of piperazine rings is 1. The number of carbonyl (C=O) groups is 1. The molecule has 1 fully saturated rings. The number of aromatic nitrogens is 5. The lowest BCUT2D eigenvalue weighted by Gasteiger charge is -2.31. The fourth-order valence-corrected chi connectivity index (χ4v) is 6.81. The molecule has 258 valence electrons. The molecule has 0 saturated carbocycles. The molecule has 2 aromatic carbocycles. The summed E-state index contributed by atoms with van der Waals surface area (Å²) in [5.41, 5.74) is 5.89. The number of halogens is 4. The van der Waals surface area contributed by atoms with E-state index < -0.39 is 20.1 Å². The number of aliphatic carboxylic acids is 1. The van der Waals surface area contributed by atoms with Gasteiger partial charge in [-0.05, 0) is 41.4 Å². The van der Waals surface area contributed by atoms with Crippen molar-refractivity contribution in [3.05, 3.63) is 65.7 Å². The Hall–Kier alpha value is -4.53. The maximum Gasteiger partial charge on any atom is 0.490 e. The van der Waals surface area contributed by atoms with Crippen LogP contribution in [-0.4, -0.2) is 88.6 Å². The summed E-state index contributed by atoms with van der Waals surface area (Å²) in [6, 6.07) is 12.4. The number of carboxylic acids is 1. The first-order valence-electron chi connectivity index (χ1n) is 14.9. The third-order valence-electron chi connectivity index (χ3n) is 7.47. The highest BCUT2D eigenvalue weighted by Crippen LogP contribution is 2.41. The maximum absolute atomic E-state index is 10.6. The number of ether oxygens (including phenoxy) is 1. The van der Waals surface area contributed by atoms with Gasteiger partial charge in [-0.3, -0.25) is 9.67 Å². The molecular formula is C32H34BrF3N9O3P. The van der Waals surface area contributed by atoms with Crippen LogP contribution in [0.3, 0.4) is 0 Å². The molecule has 6 rings (SSSR count). The predicted molar refractivity (Wildman–Crippen MR) is 190 cm³/mol. The number of methoxy groups -OCH3 is 1. The number of carboxylic acid groups (broad SMARTS) is 1. The van der Waals surface area contributed by atoms with Crippen LogP contribution < -0.4 is 30.9 Å². The van der Waals surface area contributed by atoms with Gasteiger partial charge in [0.1, 0.15) is 11.6 Å². The summed E-state index contributed by atoms with van der Waals surface area (Å²) < 4.78 is 40.2. The van der Waals surface area contributed by atoms with Gasteiger partial charge in [0.2, 0.25) is 5.95 Å². The molecule has 49 heavy (non-hydrogen) atoms. The summed E-state index contributed by atoms with van der Waals surface area (Å²) in [4.78, 5) is 25.4. The fraction of sp³-hybridized carbons (Fsp3) is 0.281. The Morgan fingerprint density at radius 3 is 2.41 bits per heavy atom. The van der Waals surface area contributed by atoms with E-state index in [1.54, 1.807) is 13.3 Å². The van der Waals surface area contributed by atoms with Crippen molar-refractivity contribution in [2.24, 2.45) is 7.05 Å². The van der Waals surface area contributed by atoms with Gasteiger partial charge in [-0.2, -0.15) is 23.3 Å². The second-order valence-electron chi connectivity index (χ2n) is 11.1. The van der Waals surface area contributed by atoms with E-state index in [2.05, 4.69) is 84.5 Å². The van der Waals surface area contributed by atoms with E-state index in [4.69, 9.17) is 24.6 Å². The number of rotatable bonds is 8. The molecule has 0 radical (unpaired) electrons. The van der Waals surface area contributed by atoms with E-state index in [9.17, 15) is 13.2 Å².